The summed E-state index contributed by atoms with van der Waals surface area (Å²) in [7, 11) is 0. The van der Waals surface area contributed by atoms with E-state index in [4.69, 9.17) is 18.6 Å². The number of nitrogens with two attached hydrogens (primary N) is 1. The van der Waals surface area contributed by atoms with E-state index in [0.717, 1.165) is 5.88 Å². The minimum absolute atomic E-state index is 0.736. The van der Waals surface area contributed by atoms with Crippen LogP contribution in [0.1, 0.15) is 0 Å². The van der Waals surface area contributed by atoms with Crippen molar-refractivity contribution < 1.29 is 0 Å². The molecule has 1 nitrogen and oxygen atoms in total. The molecule has 0 bridgehead atoms. The molecule has 0 saturated carbocycles. The van der Waals surface area contributed by atoms with E-state index in [1.165, 1.54) is 0 Å². The van der Waals surface area contributed by atoms with Crippen LogP contribution in [-0.4, -0.2) is 12.1 Å². The fourth-order valence-electron chi connectivity index (χ4n) is 0.322. The molecule has 2 heteroatoms. The van der Waals surface area contributed by atoms with Crippen LogP contribution in [0.5, 0.6) is 0 Å². The Bertz CT molecular complexity index is 559. The summed E-state index contributed by atoms with van der Waals surface area (Å²) >= 11 is 1.63. The molecule has 0 aliphatic carbocycles. The van der Waals surface area contributed by atoms with E-state index >= 15 is 0 Å². The van der Waals surface area contributed by atoms with Gasteiger partial charge < -0.3 is 5.73 Å². The predicted octanol–water partition coefficient (Wildman–Crippen LogP) is 0.535. The summed E-state index contributed by atoms with van der Waals surface area (Å²) in [4.78, 5) is 0. The molecule has 0 atom stereocenters. The Kier molecular flexibility index (Phi) is 19.3. The standard InChI is InChI=1S/C14H2.C2H7NS/c1-3-5-7-9-11-13-14-12-10-8-6-4-2;1-4-2-3/h1-2H;2-3H2,1H3. The van der Waals surface area contributed by atoms with E-state index in [0.29, 0.717) is 0 Å². The van der Waals surface area contributed by atoms with Gasteiger partial charge in [0.25, 0.3) is 0 Å². The average Bonchev–Trinajstić information content (AvgIpc) is 2.41. The van der Waals surface area contributed by atoms with E-state index < -0.39 is 0 Å². The molecular weight excluding hydrogens is 238 g/mol. The smallest absolute Gasteiger partial charge is 0.0389 e. The quantitative estimate of drug-likeness (QED) is 0.540. The van der Waals surface area contributed by atoms with Crippen LogP contribution in [0.4, 0.5) is 0 Å². The van der Waals surface area contributed by atoms with Crippen LogP contribution in [0.2, 0.25) is 0 Å². The van der Waals surface area contributed by atoms with Crippen molar-refractivity contribution in [1.29, 1.82) is 0 Å². The van der Waals surface area contributed by atoms with Crippen LogP contribution in [-0.2, 0) is 0 Å². The van der Waals surface area contributed by atoms with E-state index in [1.807, 2.05) is 6.26 Å². The van der Waals surface area contributed by atoms with Gasteiger partial charge in [0, 0.05) is 5.88 Å². The molecule has 0 saturated heterocycles. The Labute approximate surface area is 114 Å². The Morgan fingerprint density at radius 2 is 0.944 bits per heavy atom. The van der Waals surface area contributed by atoms with Crippen LogP contribution in [0, 0.1) is 83.9 Å². The minimum Gasteiger partial charge on any atom is -0.322 e. The first-order valence-corrected chi connectivity index (χ1v) is 5.83. The molecule has 18 heavy (non-hydrogen) atoms. The highest BCUT2D eigenvalue weighted by atomic mass is 32.2. The van der Waals surface area contributed by atoms with Crippen molar-refractivity contribution in [3.63, 3.8) is 0 Å². The van der Waals surface area contributed by atoms with Crippen molar-refractivity contribution in [2.45, 2.75) is 0 Å². The highest BCUT2D eigenvalue weighted by Crippen LogP contribution is 1.77. The first-order chi connectivity index (χ1) is 8.83. The normalized spacial score (nSPS) is 4.44. The molecule has 84 valence electrons. The van der Waals surface area contributed by atoms with Gasteiger partial charge in [-0.1, -0.05) is 0 Å². The zero-order chi connectivity index (χ0) is 13.9. The largest absolute Gasteiger partial charge is 0.322 e. The first-order valence-electron chi connectivity index (χ1n) is 4.43. The molecule has 0 rings (SSSR count). The first kappa shape index (κ1) is 17.6. The van der Waals surface area contributed by atoms with Gasteiger partial charge in [-0.3, -0.25) is 0 Å². The molecule has 0 aliphatic heterocycles. The fraction of sp³-hybridized carbons (Fsp3) is 0.125. The third-order valence-electron chi connectivity index (χ3n) is 0.874. The summed E-state index contributed by atoms with van der Waals surface area (Å²) < 4.78 is 0. The van der Waals surface area contributed by atoms with Gasteiger partial charge in [-0.15, -0.1) is 12.8 Å². The minimum atomic E-state index is 0.736. The Hall–Kier alpha value is -2.77. The van der Waals surface area contributed by atoms with Gasteiger partial charge in [-0.2, -0.15) is 11.8 Å². The number of rotatable bonds is 1. The molecule has 0 heterocycles. The average molecular weight is 247 g/mol. The molecular formula is C16H9NS. The highest BCUT2D eigenvalue weighted by Gasteiger charge is 1.55. The number of thioether (sulfide) groups is 1. The summed E-state index contributed by atoms with van der Waals surface area (Å²) in [5.41, 5.74) is 4.99. The molecule has 0 aromatic heterocycles. The summed E-state index contributed by atoms with van der Waals surface area (Å²) in [6.07, 6.45) is 11.7. The van der Waals surface area contributed by atoms with Crippen molar-refractivity contribution >= 4 is 11.8 Å². The van der Waals surface area contributed by atoms with Crippen molar-refractivity contribution in [3.8, 4) is 83.9 Å². The summed E-state index contributed by atoms with van der Waals surface area (Å²) in [6.45, 7) is 0. The zero-order valence-electron chi connectivity index (χ0n) is 9.85. The maximum absolute atomic E-state index is 4.99. The van der Waals surface area contributed by atoms with Crippen molar-refractivity contribution in [3.05, 3.63) is 0 Å². The second-order valence-electron chi connectivity index (χ2n) is 1.99. The second-order valence-corrected chi connectivity index (χ2v) is 2.90. The highest BCUT2D eigenvalue weighted by molar-refractivity contribution is 7.98. The van der Waals surface area contributed by atoms with Gasteiger partial charge in [-0.05, 0) is 77.3 Å². The van der Waals surface area contributed by atoms with Gasteiger partial charge in [0.15, 0.2) is 0 Å². The maximum atomic E-state index is 4.99. The summed E-state index contributed by atoms with van der Waals surface area (Å²) in [6, 6.07) is 0. The molecule has 0 radical (unpaired) electrons. The maximum Gasteiger partial charge on any atom is 0.0389 e. The van der Waals surface area contributed by atoms with Crippen LogP contribution in [0.15, 0.2) is 0 Å². The SMILES string of the molecule is C#CC#CC#CC#CC#CC#CC#C.CSCN. The molecule has 0 unspecified atom stereocenters. The molecule has 0 aliphatic rings. The molecule has 2 N–H and O–H groups in total. The predicted molar refractivity (Wildman–Crippen MR) is 79.1 cm³/mol. The lowest BCUT2D eigenvalue weighted by Crippen LogP contribution is -1.88. The molecule has 0 amide bonds. The van der Waals surface area contributed by atoms with E-state index in [1.54, 1.807) is 11.8 Å². The Morgan fingerprint density at radius 3 is 1.11 bits per heavy atom. The van der Waals surface area contributed by atoms with Gasteiger partial charge >= 0.3 is 0 Å². The van der Waals surface area contributed by atoms with E-state index in [-0.39, 0.29) is 0 Å². The second kappa shape index (κ2) is 19.7. The molecule has 0 aromatic rings. The fourth-order valence-corrected chi connectivity index (χ4v) is 0.322. The lowest BCUT2D eigenvalue weighted by Gasteiger charge is -1.71. The van der Waals surface area contributed by atoms with Crippen LogP contribution in [0.3, 0.4) is 0 Å². The number of hydrogen-bond donors (Lipinski definition) is 1. The molecule has 0 spiro atoms. The van der Waals surface area contributed by atoms with Crippen LogP contribution >= 0.6 is 11.8 Å². The van der Waals surface area contributed by atoms with E-state index in [2.05, 4.69) is 71.0 Å². The molecule has 0 fully saturated rings. The van der Waals surface area contributed by atoms with Crippen LogP contribution < -0.4 is 5.73 Å². The lowest BCUT2D eigenvalue weighted by atomic mass is 10.5. The topological polar surface area (TPSA) is 26.0 Å². The van der Waals surface area contributed by atoms with Crippen molar-refractivity contribution in [2.24, 2.45) is 5.73 Å². The van der Waals surface area contributed by atoms with Gasteiger partial charge in [0.1, 0.15) is 0 Å². The zero-order valence-corrected chi connectivity index (χ0v) is 10.7. The third kappa shape index (κ3) is 23.2. The summed E-state index contributed by atoms with van der Waals surface area (Å²) in [5.74, 6) is 29.0. The Morgan fingerprint density at radius 1 is 0.722 bits per heavy atom. The monoisotopic (exact) mass is 247 g/mol. The lowest BCUT2D eigenvalue weighted by molar-refractivity contribution is 1.40. The number of terminal acetylenes is 2. The van der Waals surface area contributed by atoms with Gasteiger partial charge in [0.2, 0.25) is 0 Å². The van der Waals surface area contributed by atoms with Crippen molar-refractivity contribution in [2.75, 3.05) is 12.1 Å². The number of hydrogen-bond acceptors (Lipinski definition) is 2. The van der Waals surface area contributed by atoms with Gasteiger partial charge in [-0.25, -0.2) is 0 Å². The Balaban J connectivity index is 0. The van der Waals surface area contributed by atoms with Crippen LogP contribution in [0.25, 0.3) is 0 Å². The van der Waals surface area contributed by atoms with E-state index in [9.17, 15) is 0 Å². The van der Waals surface area contributed by atoms with Crippen molar-refractivity contribution in [1.82, 2.24) is 0 Å². The molecule has 0 aromatic carbocycles. The summed E-state index contributed by atoms with van der Waals surface area (Å²) in [5, 5.41) is 0. The third-order valence-corrected chi connectivity index (χ3v) is 1.21. The van der Waals surface area contributed by atoms with Gasteiger partial charge in [0.05, 0.1) is 0 Å².